The van der Waals surface area contributed by atoms with E-state index in [4.69, 9.17) is 10.5 Å². The first-order valence-electron chi connectivity index (χ1n) is 5.36. The molecule has 0 saturated carbocycles. The lowest BCUT2D eigenvalue weighted by Gasteiger charge is -2.17. The van der Waals surface area contributed by atoms with Gasteiger partial charge in [0, 0.05) is 7.05 Å². The second kappa shape index (κ2) is 5.83. The molecule has 100 valence electrons. The molecule has 1 aromatic rings. The Hall–Kier alpha value is -1.60. The molecule has 0 fully saturated rings. The highest BCUT2D eigenvalue weighted by molar-refractivity contribution is 7.89. The number of likely N-dealkylation sites (N-methyl/N-ethyl adjacent to an activating group) is 1. The van der Waals surface area contributed by atoms with Crippen molar-refractivity contribution >= 4 is 21.7 Å². The van der Waals surface area contributed by atoms with Gasteiger partial charge in [-0.2, -0.15) is 4.31 Å². The maximum absolute atomic E-state index is 12.1. The lowest BCUT2D eigenvalue weighted by atomic mass is 10.3. The molecule has 0 radical (unpaired) electrons. The van der Waals surface area contributed by atoms with Crippen molar-refractivity contribution in [1.29, 1.82) is 0 Å². The van der Waals surface area contributed by atoms with Gasteiger partial charge in [-0.25, -0.2) is 8.42 Å². The maximum Gasteiger partial charge on any atom is 0.321 e. The summed E-state index contributed by atoms with van der Waals surface area (Å²) in [6.45, 7) is 1.52. The van der Waals surface area contributed by atoms with Gasteiger partial charge in [0.25, 0.3) is 0 Å². The first-order chi connectivity index (χ1) is 8.39. The molecule has 0 amide bonds. The third-order valence-electron chi connectivity index (χ3n) is 2.26. The van der Waals surface area contributed by atoms with E-state index in [0.29, 0.717) is 0 Å². The number of rotatable bonds is 5. The van der Waals surface area contributed by atoms with Crippen LogP contribution in [0.2, 0.25) is 0 Å². The minimum Gasteiger partial charge on any atom is -0.465 e. The number of hydrogen-bond donors (Lipinski definition) is 1. The molecule has 0 aliphatic heterocycles. The SMILES string of the molecule is CCOC(=O)CN(C)S(=O)(=O)c1ccccc1N. The zero-order chi connectivity index (χ0) is 13.8. The van der Waals surface area contributed by atoms with Crippen LogP contribution in [0.1, 0.15) is 6.92 Å². The average Bonchev–Trinajstić information content (AvgIpc) is 2.29. The number of benzene rings is 1. The second-order valence-corrected chi connectivity index (χ2v) is 5.62. The Morgan fingerprint density at radius 1 is 1.39 bits per heavy atom. The van der Waals surface area contributed by atoms with Crippen LogP contribution in [0.4, 0.5) is 5.69 Å². The topological polar surface area (TPSA) is 89.7 Å². The summed E-state index contributed by atoms with van der Waals surface area (Å²) in [5, 5.41) is 0. The normalized spacial score (nSPS) is 11.5. The minimum absolute atomic E-state index is 0.0169. The second-order valence-electron chi connectivity index (χ2n) is 3.60. The van der Waals surface area contributed by atoms with E-state index in [1.165, 1.54) is 19.2 Å². The molecule has 7 heteroatoms. The fourth-order valence-electron chi connectivity index (χ4n) is 1.36. The summed E-state index contributed by atoms with van der Waals surface area (Å²) in [5.74, 6) is -0.599. The number of sulfonamides is 1. The van der Waals surface area contributed by atoms with Gasteiger partial charge in [0.05, 0.1) is 12.3 Å². The Morgan fingerprint density at radius 3 is 2.56 bits per heavy atom. The molecule has 0 unspecified atom stereocenters. The molecule has 0 bridgehead atoms. The van der Waals surface area contributed by atoms with E-state index in [-0.39, 0.29) is 23.7 Å². The summed E-state index contributed by atoms with van der Waals surface area (Å²) in [6, 6.07) is 6.10. The number of anilines is 1. The first kappa shape index (κ1) is 14.5. The number of nitrogen functional groups attached to an aromatic ring is 1. The third kappa shape index (κ3) is 3.21. The van der Waals surface area contributed by atoms with Gasteiger partial charge in [0.1, 0.15) is 11.4 Å². The fraction of sp³-hybridized carbons (Fsp3) is 0.364. The summed E-state index contributed by atoms with van der Waals surface area (Å²) in [4.78, 5) is 11.2. The molecular formula is C11H16N2O4S. The van der Waals surface area contributed by atoms with Gasteiger partial charge in [-0.15, -0.1) is 0 Å². The Kier molecular flexibility index (Phi) is 4.69. The maximum atomic E-state index is 12.1. The first-order valence-corrected chi connectivity index (χ1v) is 6.80. The summed E-state index contributed by atoms with van der Waals surface area (Å²) in [5.41, 5.74) is 5.76. The van der Waals surface area contributed by atoms with Crippen molar-refractivity contribution < 1.29 is 17.9 Å². The van der Waals surface area contributed by atoms with Gasteiger partial charge in [-0.05, 0) is 19.1 Å². The van der Waals surface area contributed by atoms with Crippen LogP contribution in [0.25, 0.3) is 0 Å². The zero-order valence-corrected chi connectivity index (χ0v) is 11.1. The van der Waals surface area contributed by atoms with Gasteiger partial charge in [-0.1, -0.05) is 12.1 Å². The molecule has 18 heavy (non-hydrogen) atoms. The average molecular weight is 272 g/mol. The van der Waals surface area contributed by atoms with Gasteiger partial charge < -0.3 is 10.5 Å². The Bertz CT molecular complexity index is 528. The molecule has 1 rings (SSSR count). The van der Waals surface area contributed by atoms with Crippen molar-refractivity contribution in [2.24, 2.45) is 0 Å². The number of hydrogen-bond acceptors (Lipinski definition) is 5. The molecule has 0 heterocycles. The fourth-order valence-corrected chi connectivity index (χ4v) is 2.58. The van der Waals surface area contributed by atoms with Crippen molar-refractivity contribution in [2.75, 3.05) is 25.9 Å². The molecule has 0 aliphatic carbocycles. The van der Waals surface area contributed by atoms with Crippen LogP contribution in [0.5, 0.6) is 0 Å². The molecule has 1 aromatic carbocycles. The lowest BCUT2D eigenvalue weighted by Crippen LogP contribution is -2.33. The number of ether oxygens (including phenoxy) is 1. The Morgan fingerprint density at radius 2 is 2.00 bits per heavy atom. The molecule has 0 spiro atoms. The highest BCUT2D eigenvalue weighted by Gasteiger charge is 2.25. The molecule has 0 aromatic heterocycles. The zero-order valence-electron chi connectivity index (χ0n) is 10.3. The Labute approximate surface area is 106 Å². The number of carbonyl (C=O) groups excluding carboxylic acids is 1. The van der Waals surface area contributed by atoms with Gasteiger partial charge in [0.15, 0.2) is 0 Å². The summed E-state index contributed by atoms with van der Waals surface area (Å²) in [7, 11) is -2.47. The van der Waals surface area contributed by atoms with Gasteiger partial charge in [-0.3, -0.25) is 4.79 Å². The van der Waals surface area contributed by atoms with Crippen LogP contribution in [-0.4, -0.2) is 38.9 Å². The van der Waals surface area contributed by atoms with Crippen LogP contribution in [-0.2, 0) is 19.6 Å². The van der Waals surface area contributed by atoms with E-state index in [9.17, 15) is 13.2 Å². The van der Waals surface area contributed by atoms with Crippen LogP contribution in [0, 0.1) is 0 Å². The van der Waals surface area contributed by atoms with Crippen LogP contribution in [0.15, 0.2) is 29.2 Å². The molecule has 0 atom stereocenters. The van der Waals surface area contributed by atoms with Crippen molar-refractivity contribution in [1.82, 2.24) is 4.31 Å². The predicted octanol–water partition coefficient (Wildman–Crippen LogP) is 0.452. The predicted molar refractivity (Wildman–Crippen MR) is 67.3 cm³/mol. The van der Waals surface area contributed by atoms with Crippen LogP contribution in [0.3, 0.4) is 0 Å². The van der Waals surface area contributed by atoms with Crippen molar-refractivity contribution in [3.05, 3.63) is 24.3 Å². The number of nitrogens with two attached hydrogens (primary N) is 1. The molecular weight excluding hydrogens is 256 g/mol. The minimum atomic E-state index is -3.78. The molecule has 0 aliphatic rings. The van der Waals surface area contributed by atoms with Crippen molar-refractivity contribution in [2.45, 2.75) is 11.8 Å². The van der Waals surface area contributed by atoms with Crippen molar-refractivity contribution in [3.8, 4) is 0 Å². The number of carbonyl (C=O) groups is 1. The Balaban J connectivity index is 2.94. The van der Waals surface area contributed by atoms with E-state index in [2.05, 4.69) is 0 Å². The highest BCUT2D eigenvalue weighted by atomic mass is 32.2. The summed E-state index contributed by atoms with van der Waals surface area (Å²) < 4.78 is 29.9. The number of nitrogens with zero attached hydrogens (tertiary/aromatic N) is 1. The quantitative estimate of drug-likeness (QED) is 0.621. The largest absolute Gasteiger partial charge is 0.465 e. The highest BCUT2D eigenvalue weighted by Crippen LogP contribution is 2.20. The number of esters is 1. The van der Waals surface area contributed by atoms with E-state index < -0.39 is 16.0 Å². The number of para-hydroxylation sites is 1. The monoisotopic (exact) mass is 272 g/mol. The summed E-state index contributed by atoms with van der Waals surface area (Å²) in [6.07, 6.45) is 0. The van der Waals surface area contributed by atoms with E-state index in [0.717, 1.165) is 4.31 Å². The molecule has 2 N–H and O–H groups in total. The summed E-state index contributed by atoms with van der Waals surface area (Å²) >= 11 is 0. The van der Waals surface area contributed by atoms with Crippen LogP contribution >= 0.6 is 0 Å². The van der Waals surface area contributed by atoms with Gasteiger partial charge in [0.2, 0.25) is 10.0 Å². The third-order valence-corrected chi connectivity index (χ3v) is 4.14. The van der Waals surface area contributed by atoms with E-state index in [1.807, 2.05) is 0 Å². The smallest absolute Gasteiger partial charge is 0.321 e. The van der Waals surface area contributed by atoms with Crippen molar-refractivity contribution in [3.63, 3.8) is 0 Å². The standard InChI is InChI=1S/C11H16N2O4S/c1-3-17-11(14)8-13(2)18(15,16)10-7-5-4-6-9(10)12/h4-7H,3,8,12H2,1-2H3. The molecule has 6 nitrogen and oxygen atoms in total. The molecule has 0 saturated heterocycles. The lowest BCUT2D eigenvalue weighted by molar-refractivity contribution is -0.143. The van der Waals surface area contributed by atoms with Gasteiger partial charge >= 0.3 is 5.97 Å². The van der Waals surface area contributed by atoms with Crippen LogP contribution < -0.4 is 5.73 Å². The van der Waals surface area contributed by atoms with E-state index >= 15 is 0 Å². The van der Waals surface area contributed by atoms with E-state index in [1.54, 1.807) is 19.1 Å².